The van der Waals surface area contributed by atoms with Crippen LogP contribution in [0.4, 0.5) is 10.1 Å². The summed E-state index contributed by atoms with van der Waals surface area (Å²) in [5.74, 6) is -0.333. The molecule has 0 bridgehead atoms. The predicted molar refractivity (Wildman–Crippen MR) is 87.5 cm³/mol. The Morgan fingerprint density at radius 3 is 2.45 bits per heavy atom. The highest BCUT2D eigenvalue weighted by molar-refractivity contribution is 5.80. The number of benzene rings is 2. The second-order valence-corrected chi connectivity index (χ2v) is 5.42. The molecule has 0 saturated heterocycles. The van der Waals surface area contributed by atoms with Crippen LogP contribution in [0.25, 0.3) is 0 Å². The fraction of sp³-hybridized carbons (Fsp3) is 0.278. The molecule has 2 N–H and O–H groups in total. The number of hydrogen-bond donors (Lipinski definition) is 2. The summed E-state index contributed by atoms with van der Waals surface area (Å²) in [6.07, 6.45) is 0.488. The van der Waals surface area contributed by atoms with Gasteiger partial charge in [0.25, 0.3) is 0 Å². The number of carbonyl (C=O) groups excluding carboxylic acids is 1. The Bertz CT molecular complexity index is 635. The van der Waals surface area contributed by atoms with E-state index in [-0.39, 0.29) is 18.3 Å². The Hall–Kier alpha value is -2.36. The van der Waals surface area contributed by atoms with Crippen molar-refractivity contribution in [2.45, 2.75) is 20.3 Å². The first-order valence-corrected chi connectivity index (χ1v) is 7.37. The molecule has 0 saturated carbocycles. The quantitative estimate of drug-likeness (QED) is 0.860. The molecule has 2 rings (SSSR count). The van der Waals surface area contributed by atoms with E-state index < -0.39 is 0 Å². The number of aryl methyl sites for hydroxylation is 2. The molecular formula is C18H21FN2O. The summed E-state index contributed by atoms with van der Waals surface area (Å²) in [6, 6.07) is 12.7. The van der Waals surface area contributed by atoms with Gasteiger partial charge in [0.15, 0.2) is 0 Å². The van der Waals surface area contributed by atoms with Gasteiger partial charge in [-0.25, -0.2) is 4.39 Å². The first-order chi connectivity index (χ1) is 10.5. The van der Waals surface area contributed by atoms with E-state index >= 15 is 0 Å². The lowest BCUT2D eigenvalue weighted by molar-refractivity contribution is -0.119. The van der Waals surface area contributed by atoms with E-state index in [2.05, 4.69) is 16.7 Å². The minimum atomic E-state index is -0.231. The minimum absolute atomic E-state index is 0.101. The van der Waals surface area contributed by atoms with Crippen LogP contribution >= 0.6 is 0 Å². The van der Waals surface area contributed by atoms with Crippen LogP contribution in [0.15, 0.2) is 42.5 Å². The standard InChI is InChI=1S/C18H21FN2O/c1-13-9-14(2)11-16(10-13)21-12-18(22)20-8-7-15-5-3-4-6-17(15)19/h3-6,9-11,21H,7-8,12H2,1-2H3,(H,20,22). The van der Waals surface area contributed by atoms with Crippen molar-refractivity contribution in [1.29, 1.82) is 0 Å². The smallest absolute Gasteiger partial charge is 0.239 e. The molecule has 22 heavy (non-hydrogen) atoms. The summed E-state index contributed by atoms with van der Waals surface area (Å²) in [4.78, 5) is 11.8. The fourth-order valence-electron chi connectivity index (χ4n) is 2.36. The zero-order valence-electron chi connectivity index (χ0n) is 12.9. The Morgan fingerprint density at radius 2 is 1.77 bits per heavy atom. The number of amides is 1. The lowest BCUT2D eigenvalue weighted by Crippen LogP contribution is -2.31. The number of nitrogens with one attached hydrogen (secondary N) is 2. The summed E-state index contributed by atoms with van der Waals surface area (Å²) in [5.41, 5.74) is 3.86. The van der Waals surface area contributed by atoms with E-state index in [0.29, 0.717) is 18.5 Å². The van der Waals surface area contributed by atoms with Crippen LogP contribution in [0, 0.1) is 19.7 Å². The molecule has 0 radical (unpaired) electrons. The van der Waals surface area contributed by atoms with Crippen LogP contribution in [0.5, 0.6) is 0 Å². The van der Waals surface area contributed by atoms with Crippen molar-refractivity contribution >= 4 is 11.6 Å². The molecule has 0 atom stereocenters. The van der Waals surface area contributed by atoms with Gasteiger partial charge in [-0.05, 0) is 55.2 Å². The number of halogens is 1. The molecule has 0 unspecified atom stereocenters. The Kier molecular flexibility index (Phi) is 5.53. The number of hydrogen-bond acceptors (Lipinski definition) is 2. The molecule has 0 spiro atoms. The maximum Gasteiger partial charge on any atom is 0.239 e. The van der Waals surface area contributed by atoms with Gasteiger partial charge < -0.3 is 10.6 Å². The molecular weight excluding hydrogens is 279 g/mol. The van der Waals surface area contributed by atoms with E-state index in [9.17, 15) is 9.18 Å². The number of carbonyl (C=O) groups is 1. The third kappa shape index (κ3) is 4.88. The van der Waals surface area contributed by atoms with Crippen molar-refractivity contribution in [2.75, 3.05) is 18.4 Å². The zero-order valence-corrected chi connectivity index (χ0v) is 12.9. The SMILES string of the molecule is Cc1cc(C)cc(NCC(=O)NCCc2ccccc2F)c1. The lowest BCUT2D eigenvalue weighted by atomic mass is 10.1. The molecule has 3 nitrogen and oxygen atoms in total. The van der Waals surface area contributed by atoms with Gasteiger partial charge in [0.1, 0.15) is 5.82 Å². The zero-order chi connectivity index (χ0) is 15.9. The average Bonchev–Trinajstić information content (AvgIpc) is 2.46. The van der Waals surface area contributed by atoms with Crippen LogP contribution in [0.1, 0.15) is 16.7 Å². The summed E-state index contributed by atoms with van der Waals surface area (Å²) in [6.45, 7) is 4.67. The van der Waals surface area contributed by atoms with Crippen molar-refractivity contribution < 1.29 is 9.18 Å². The maximum absolute atomic E-state index is 13.4. The van der Waals surface area contributed by atoms with Crippen molar-refractivity contribution in [2.24, 2.45) is 0 Å². The Morgan fingerprint density at radius 1 is 1.09 bits per heavy atom. The fourth-order valence-corrected chi connectivity index (χ4v) is 2.36. The average molecular weight is 300 g/mol. The van der Waals surface area contributed by atoms with Gasteiger partial charge in [-0.15, -0.1) is 0 Å². The largest absolute Gasteiger partial charge is 0.376 e. The van der Waals surface area contributed by atoms with E-state index in [0.717, 1.165) is 16.8 Å². The third-order valence-electron chi connectivity index (χ3n) is 3.35. The van der Waals surface area contributed by atoms with Crippen LogP contribution in [0.3, 0.4) is 0 Å². The first-order valence-electron chi connectivity index (χ1n) is 7.37. The predicted octanol–water partition coefficient (Wildman–Crippen LogP) is 3.21. The maximum atomic E-state index is 13.4. The molecule has 1 amide bonds. The summed E-state index contributed by atoms with van der Waals surface area (Å²) in [5, 5.41) is 5.89. The van der Waals surface area contributed by atoms with Gasteiger partial charge in [-0.3, -0.25) is 4.79 Å². The molecule has 0 aliphatic carbocycles. The van der Waals surface area contributed by atoms with Crippen molar-refractivity contribution in [3.8, 4) is 0 Å². The van der Waals surface area contributed by atoms with Gasteiger partial charge in [-0.2, -0.15) is 0 Å². The Balaban J connectivity index is 1.75. The van der Waals surface area contributed by atoms with E-state index in [1.807, 2.05) is 26.0 Å². The molecule has 4 heteroatoms. The summed E-state index contributed by atoms with van der Waals surface area (Å²) >= 11 is 0. The number of rotatable bonds is 6. The van der Waals surface area contributed by atoms with E-state index in [1.54, 1.807) is 18.2 Å². The van der Waals surface area contributed by atoms with Crippen molar-refractivity contribution in [3.05, 3.63) is 65.0 Å². The van der Waals surface area contributed by atoms with E-state index in [1.165, 1.54) is 6.07 Å². The highest BCUT2D eigenvalue weighted by Crippen LogP contribution is 2.13. The summed E-state index contributed by atoms with van der Waals surface area (Å²) in [7, 11) is 0. The second kappa shape index (κ2) is 7.59. The topological polar surface area (TPSA) is 41.1 Å². The van der Waals surface area contributed by atoms with Crippen LogP contribution in [-0.2, 0) is 11.2 Å². The molecule has 116 valence electrons. The van der Waals surface area contributed by atoms with Gasteiger partial charge >= 0.3 is 0 Å². The first kappa shape index (κ1) is 16.0. The highest BCUT2D eigenvalue weighted by atomic mass is 19.1. The second-order valence-electron chi connectivity index (χ2n) is 5.42. The highest BCUT2D eigenvalue weighted by Gasteiger charge is 2.04. The van der Waals surface area contributed by atoms with Gasteiger partial charge in [-0.1, -0.05) is 24.3 Å². The van der Waals surface area contributed by atoms with E-state index in [4.69, 9.17) is 0 Å². The lowest BCUT2D eigenvalue weighted by Gasteiger charge is -2.09. The Labute approximate surface area is 130 Å². The molecule has 0 aliphatic heterocycles. The van der Waals surface area contributed by atoms with Crippen molar-refractivity contribution in [3.63, 3.8) is 0 Å². The van der Waals surface area contributed by atoms with Crippen molar-refractivity contribution in [1.82, 2.24) is 5.32 Å². The summed E-state index contributed by atoms with van der Waals surface area (Å²) < 4.78 is 13.4. The normalized spacial score (nSPS) is 10.3. The van der Waals surface area contributed by atoms with Gasteiger partial charge in [0.2, 0.25) is 5.91 Å². The van der Waals surface area contributed by atoms with Crippen LogP contribution in [-0.4, -0.2) is 19.0 Å². The molecule has 0 aromatic heterocycles. The number of anilines is 1. The monoisotopic (exact) mass is 300 g/mol. The molecule has 2 aromatic rings. The molecule has 0 aliphatic rings. The van der Waals surface area contributed by atoms with Crippen LogP contribution in [0.2, 0.25) is 0 Å². The molecule has 2 aromatic carbocycles. The molecule has 0 fully saturated rings. The van der Waals surface area contributed by atoms with Gasteiger partial charge in [0, 0.05) is 12.2 Å². The molecule has 0 heterocycles. The third-order valence-corrected chi connectivity index (χ3v) is 3.35. The van der Waals surface area contributed by atoms with Gasteiger partial charge in [0.05, 0.1) is 6.54 Å². The van der Waals surface area contributed by atoms with Crippen LogP contribution < -0.4 is 10.6 Å². The minimum Gasteiger partial charge on any atom is -0.376 e.